The highest BCUT2D eigenvalue weighted by molar-refractivity contribution is 6.21. The van der Waals surface area contributed by atoms with Crippen LogP contribution in [0.2, 0.25) is 0 Å². The third-order valence-corrected chi connectivity index (χ3v) is 5.27. The molecular weight excluding hydrogens is 370 g/mol. The van der Waals surface area contributed by atoms with Crippen molar-refractivity contribution in [3.05, 3.63) is 58.9 Å². The van der Waals surface area contributed by atoms with E-state index >= 15 is 0 Å². The molecule has 150 valence electrons. The van der Waals surface area contributed by atoms with Crippen LogP contribution < -0.4 is 4.90 Å². The molecule has 0 atom stereocenters. The molecule has 29 heavy (non-hydrogen) atoms. The monoisotopic (exact) mass is 393 g/mol. The normalized spacial score (nSPS) is 16.2. The van der Waals surface area contributed by atoms with Crippen LogP contribution in [0.4, 0.5) is 5.69 Å². The van der Waals surface area contributed by atoms with Crippen LogP contribution in [0.1, 0.15) is 63.1 Å². The SMILES string of the molecule is CCOC(=O)c1cc(N2CCCCC2)cc(CN2C(=O)c3ccccc3C2=O)n1. The summed E-state index contributed by atoms with van der Waals surface area (Å²) in [4.78, 5) is 45.5. The van der Waals surface area contributed by atoms with Crippen LogP contribution in [0.3, 0.4) is 0 Å². The van der Waals surface area contributed by atoms with Gasteiger partial charge in [0.05, 0.1) is 30.0 Å². The van der Waals surface area contributed by atoms with Crippen LogP contribution >= 0.6 is 0 Å². The largest absolute Gasteiger partial charge is 0.461 e. The summed E-state index contributed by atoms with van der Waals surface area (Å²) in [6, 6.07) is 10.4. The van der Waals surface area contributed by atoms with Crippen LogP contribution in [0.5, 0.6) is 0 Å². The van der Waals surface area contributed by atoms with Gasteiger partial charge in [0, 0.05) is 18.8 Å². The van der Waals surface area contributed by atoms with E-state index in [1.54, 1.807) is 37.3 Å². The molecule has 1 aromatic heterocycles. The van der Waals surface area contributed by atoms with Gasteiger partial charge in [-0.25, -0.2) is 9.78 Å². The summed E-state index contributed by atoms with van der Waals surface area (Å²) >= 11 is 0. The number of esters is 1. The molecule has 0 saturated carbocycles. The van der Waals surface area contributed by atoms with E-state index in [0.717, 1.165) is 31.6 Å². The lowest BCUT2D eigenvalue weighted by Gasteiger charge is -2.29. The summed E-state index contributed by atoms with van der Waals surface area (Å²) in [6.07, 6.45) is 3.36. The van der Waals surface area contributed by atoms with Crippen molar-refractivity contribution in [1.82, 2.24) is 9.88 Å². The van der Waals surface area contributed by atoms with E-state index in [9.17, 15) is 14.4 Å². The molecule has 2 aromatic rings. The van der Waals surface area contributed by atoms with Gasteiger partial charge in [0.25, 0.3) is 11.8 Å². The molecule has 0 spiro atoms. The molecule has 2 aliphatic heterocycles. The molecule has 4 rings (SSSR count). The van der Waals surface area contributed by atoms with Gasteiger partial charge < -0.3 is 9.64 Å². The van der Waals surface area contributed by atoms with E-state index < -0.39 is 5.97 Å². The van der Waals surface area contributed by atoms with E-state index in [1.807, 2.05) is 6.07 Å². The van der Waals surface area contributed by atoms with Crippen LogP contribution in [0.15, 0.2) is 36.4 Å². The Labute approximate surface area is 169 Å². The first kappa shape index (κ1) is 19.1. The molecule has 1 saturated heterocycles. The van der Waals surface area contributed by atoms with Crippen molar-refractivity contribution in [1.29, 1.82) is 0 Å². The number of hydrogen-bond donors (Lipinski definition) is 0. The highest BCUT2D eigenvalue weighted by Gasteiger charge is 2.35. The van der Waals surface area contributed by atoms with E-state index in [4.69, 9.17) is 4.74 Å². The van der Waals surface area contributed by atoms with Gasteiger partial charge in [0.1, 0.15) is 0 Å². The number of carbonyl (C=O) groups excluding carboxylic acids is 3. The van der Waals surface area contributed by atoms with Gasteiger partial charge in [0.15, 0.2) is 5.69 Å². The Morgan fingerprint density at radius 1 is 1.03 bits per heavy atom. The molecule has 0 bridgehead atoms. The number of rotatable bonds is 5. The highest BCUT2D eigenvalue weighted by atomic mass is 16.5. The zero-order chi connectivity index (χ0) is 20.4. The molecule has 7 nitrogen and oxygen atoms in total. The maximum atomic E-state index is 12.7. The molecule has 0 radical (unpaired) electrons. The fourth-order valence-corrected chi connectivity index (χ4v) is 3.84. The molecule has 1 fully saturated rings. The molecule has 1 aromatic carbocycles. The fourth-order valence-electron chi connectivity index (χ4n) is 3.84. The topological polar surface area (TPSA) is 79.8 Å². The first-order valence-corrected chi connectivity index (χ1v) is 9.96. The van der Waals surface area contributed by atoms with Crippen molar-refractivity contribution in [3.8, 4) is 0 Å². The lowest BCUT2D eigenvalue weighted by atomic mass is 10.1. The molecule has 0 N–H and O–H groups in total. The Bertz CT molecular complexity index is 931. The zero-order valence-corrected chi connectivity index (χ0v) is 16.4. The molecule has 7 heteroatoms. The third-order valence-electron chi connectivity index (χ3n) is 5.27. The number of imide groups is 1. The second kappa shape index (κ2) is 8.03. The molecule has 2 aliphatic rings. The maximum Gasteiger partial charge on any atom is 0.356 e. The average Bonchev–Trinajstić information content (AvgIpc) is 2.99. The first-order valence-electron chi connectivity index (χ1n) is 9.96. The Balaban J connectivity index is 1.66. The summed E-state index contributed by atoms with van der Waals surface area (Å²) in [5, 5.41) is 0. The van der Waals surface area contributed by atoms with Gasteiger partial charge in [0.2, 0.25) is 0 Å². The van der Waals surface area contributed by atoms with Gasteiger partial charge in [-0.15, -0.1) is 0 Å². The molecule has 2 amide bonds. The minimum atomic E-state index is -0.505. The number of hydrogen-bond acceptors (Lipinski definition) is 6. The van der Waals surface area contributed by atoms with Crippen molar-refractivity contribution < 1.29 is 19.1 Å². The summed E-state index contributed by atoms with van der Waals surface area (Å²) in [6.45, 7) is 3.81. The van der Waals surface area contributed by atoms with E-state index in [-0.39, 0.29) is 30.7 Å². The van der Waals surface area contributed by atoms with Gasteiger partial charge >= 0.3 is 5.97 Å². The van der Waals surface area contributed by atoms with Gasteiger partial charge in [-0.1, -0.05) is 12.1 Å². The fraction of sp³-hybridized carbons (Fsp3) is 0.364. The number of pyridine rings is 1. The Kier molecular flexibility index (Phi) is 5.29. The number of fused-ring (bicyclic) bond motifs is 1. The number of ether oxygens (including phenoxy) is 1. The minimum absolute atomic E-state index is 0.0143. The van der Waals surface area contributed by atoms with E-state index in [2.05, 4.69) is 9.88 Å². The van der Waals surface area contributed by atoms with Crippen LogP contribution in [0.25, 0.3) is 0 Å². The van der Waals surface area contributed by atoms with Crippen molar-refractivity contribution in [3.63, 3.8) is 0 Å². The Morgan fingerprint density at radius 3 is 2.31 bits per heavy atom. The van der Waals surface area contributed by atoms with Gasteiger partial charge in [-0.05, 0) is 50.5 Å². The van der Waals surface area contributed by atoms with Crippen LogP contribution in [-0.4, -0.2) is 47.4 Å². The minimum Gasteiger partial charge on any atom is -0.461 e. The van der Waals surface area contributed by atoms with Gasteiger partial charge in [-0.3, -0.25) is 14.5 Å². The second-order valence-corrected chi connectivity index (χ2v) is 7.21. The molecular formula is C22H23N3O4. The number of benzene rings is 1. The van der Waals surface area contributed by atoms with Crippen molar-refractivity contribution in [2.24, 2.45) is 0 Å². The van der Waals surface area contributed by atoms with Crippen molar-refractivity contribution >= 4 is 23.5 Å². The Morgan fingerprint density at radius 2 is 1.69 bits per heavy atom. The Hall–Kier alpha value is -3.22. The lowest BCUT2D eigenvalue weighted by Crippen LogP contribution is -2.31. The quantitative estimate of drug-likeness (QED) is 0.574. The summed E-state index contributed by atoms with van der Waals surface area (Å²) in [7, 11) is 0. The number of nitrogens with zero attached hydrogens (tertiary/aromatic N) is 3. The third kappa shape index (κ3) is 3.72. The predicted molar refractivity (Wildman–Crippen MR) is 107 cm³/mol. The summed E-state index contributed by atoms with van der Waals surface area (Å²) in [5.41, 5.74) is 2.35. The first-order chi connectivity index (χ1) is 14.1. The number of aromatic nitrogens is 1. The number of piperidine rings is 1. The molecule has 3 heterocycles. The van der Waals surface area contributed by atoms with Crippen LogP contribution in [0, 0.1) is 0 Å². The van der Waals surface area contributed by atoms with Gasteiger partial charge in [-0.2, -0.15) is 0 Å². The van der Waals surface area contributed by atoms with Crippen molar-refractivity contribution in [2.75, 3.05) is 24.6 Å². The highest BCUT2D eigenvalue weighted by Crippen LogP contribution is 2.26. The summed E-state index contributed by atoms with van der Waals surface area (Å²) in [5.74, 6) is -1.18. The second-order valence-electron chi connectivity index (χ2n) is 7.21. The van der Waals surface area contributed by atoms with Crippen LogP contribution in [-0.2, 0) is 11.3 Å². The number of anilines is 1. The van der Waals surface area contributed by atoms with Crippen molar-refractivity contribution in [2.45, 2.75) is 32.7 Å². The number of carbonyl (C=O) groups is 3. The maximum absolute atomic E-state index is 12.7. The van der Waals surface area contributed by atoms with E-state index in [1.165, 1.54) is 11.3 Å². The predicted octanol–water partition coefficient (Wildman–Crippen LogP) is 3.04. The average molecular weight is 393 g/mol. The summed E-state index contributed by atoms with van der Waals surface area (Å²) < 4.78 is 5.12. The standard InChI is InChI=1S/C22H23N3O4/c1-2-29-22(28)19-13-16(24-10-6-3-7-11-24)12-15(23-19)14-25-20(26)17-8-4-5-9-18(17)21(25)27/h4-5,8-9,12-13H,2-3,6-7,10-11,14H2,1H3. The number of amides is 2. The molecule has 0 aliphatic carbocycles. The smallest absolute Gasteiger partial charge is 0.356 e. The molecule has 0 unspecified atom stereocenters. The van der Waals surface area contributed by atoms with E-state index in [0.29, 0.717) is 16.8 Å². The zero-order valence-electron chi connectivity index (χ0n) is 16.4. The lowest BCUT2D eigenvalue weighted by molar-refractivity contribution is 0.0519.